The van der Waals surface area contributed by atoms with Crippen LogP contribution in [0.15, 0.2) is 79.0 Å². The highest BCUT2D eigenvalue weighted by Crippen LogP contribution is 2.27. The third-order valence-corrected chi connectivity index (χ3v) is 6.73. The van der Waals surface area contributed by atoms with Crippen LogP contribution in [0.5, 0.6) is 0 Å². The lowest BCUT2D eigenvalue weighted by Gasteiger charge is -2.46. The molecule has 0 saturated carbocycles. The fourth-order valence-corrected chi connectivity index (χ4v) is 5.00. The zero-order valence-corrected chi connectivity index (χ0v) is 18.2. The van der Waals surface area contributed by atoms with Gasteiger partial charge in [-0.1, -0.05) is 48.5 Å². The molecule has 1 aromatic heterocycles. The molecule has 0 aliphatic carbocycles. The van der Waals surface area contributed by atoms with Crippen molar-refractivity contribution < 1.29 is 9.59 Å². The second-order valence-electron chi connectivity index (χ2n) is 8.83. The molecule has 2 amide bonds. The Morgan fingerprint density at radius 2 is 1.64 bits per heavy atom. The van der Waals surface area contributed by atoms with E-state index in [1.54, 1.807) is 9.80 Å². The van der Waals surface area contributed by atoms with Gasteiger partial charge in [0.1, 0.15) is 12.6 Å². The third-order valence-electron chi connectivity index (χ3n) is 6.73. The number of benzene rings is 3. The van der Waals surface area contributed by atoms with Crippen molar-refractivity contribution in [1.29, 1.82) is 0 Å². The zero-order valence-electron chi connectivity index (χ0n) is 18.2. The molecule has 0 spiro atoms. The summed E-state index contributed by atoms with van der Waals surface area (Å²) in [4.78, 5) is 36.7. The van der Waals surface area contributed by atoms with Crippen molar-refractivity contribution in [3.8, 4) is 0 Å². The van der Waals surface area contributed by atoms with Gasteiger partial charge in [-0.05, 0) is 40.6 Å². The van der Waals surface area contributed by atoms with E-state index >= 15 is 0 Å². The van der Waals surface area contributed by atoms with E-state index in [0.717, 1.165) is 39.5 Å². The fraction of sp³-hybridized carbons (Fsp3) is 0.222. The average Bonchev–Trinajstić information content (AvgIpc) is 2.86. The molecule has 3 heterocycles. The molecule has 6 nitrogen and oxygen atoms in total. The summed E-state index contributed by atoms with van der Waals surface area (Å²) in [7, 11) is 0. The van der Waals surface area contributed by atoms with Crippen molar-refractivity contribution in [2.75, 3.05) is 31.1 Å². The van der Waals surface area contributed by atoms with Gasteiger partial charge in [-0.2, -0.15) is 0 Å². The van der Waals surface area contributed by atoms with E-state index in [2.05, 4.69) is 22.0 Å². The van der Waals surface area contributed by atoms with E-state index in [0.29, 0.717) is 19.6 Å². The Bertz CT molecular complexity index is 1380. The van der Waals surface area contributed by atoms with Crippen LogP contribution < -0.4 is 4.90 Å². The standard InChI is InChI=1S/C27H24N4O2/c32-26-18-31(23-10-9-20-5-1-2-6-21(20)14-23)27(33)25-17-29(11-12-30(25)26)16-19-13-22-7-3-4-8-24(22)28-15-19/h1-10,13-15,25H,11-12,16-18H2. The summed E-state index contributed by atoms with van der Waals surface area (Å²) in [5.74, 6) is 0.00555. The number of hydrogen-bond acceptors (Lipinski definition) is 4. The zero-order chi connectivity index (χ0) is 22.4. The Morgan fingerprint density at radius 3 is 2.52 bits per heavy atom. The molecule has 3 aromatic carbocycles. The summed E-state index contributed by atoms with van der Waals surface area (Å²) in [6.07, 6.45) is 1.91. The lowest BCUT2D eigenvalue weighted by atomic mass is 10.0. The van der Waals surface area contributed by atoms with Crippen LogP contribution in [0.3, 0.4) is 0 Å². The van der Waals surface area contributed by atoms with Crippen LogP contribution >= 0.6 is 0 Å². The summed E-state index contributed by atoms with van der Waals surface area (Å²) < 4.78 is 0. The SMILES string of the molecule is O=C1C2CN(Cc3cnc4ccccc4c3)CCN2C(=O)CN1c1ccc2ccccc2c1. The van der Waals surface area contributed by atoms with Crippen LogP contribution in [0.2, 0.25) is 0 Å². The number of amides is 2. The number of hydrogen-bond donors (Lipinski definition) is 0. The fourth-order valence-electron chi connectivity index (χ4n) is 5.00. The number of fused-ring (bicyclic) bond motifs is 3. The first-order valence-electron chi connectivity index (χ1n) is 11.3. The van der Waals surface area contributed by atoms with Gasteiger partial charge in [-0.25, -0.2) is 0 Å². The minimum Gasteiger partial charge on any atom is -0.326 e. The number of pyridine rings is 1. The highest BCUT2D eigenvalue weighted by atomic mass is 16.2. The first kappa shape index (κ1) is 19.9. The molecule has 1 unspecified atom stereocenters. The van der Waals surface area contributed by atoms with Crippen molar-refractivity contribution in [1.82, 2.24) is 14.8 Å². The molecule has 2 aliphatic rings. The summed E-state index contributed by atoms with van der Waals surface area (Å²) in [6, 6.07) is 23.8. The number of nitrogens with zero attached hydrogens (tertiary/aromatic N) is 4. The maximum atomic E-state index is 13.5. The number of carbonyl (C=O) groups excluding carboxylic acids is 2. The molecular weight excluding hydrogens is 412 g/mol. The monoisotopic (exact) mass is 436 g/mol. The molecule has 0 radical (unpaired) electrons. The smallest absolute Gasteiger partial charge is 0.251 e. The van der Waals surface area contributed by atoms with Gasteiger partial charge in [0, 0.05) is 43.4 Å². The Labute approximate surface area is 192 Å². The third kappa shape index (κ3) is 3.62. The Balaban J connectivity index is 1.23. The quantitative estimate of drug-likeness (QED) is 0.494. The van der Waals surface area contributed by atoms with Crippen LogP contribution in [0, 0.1) is 0 Å². The number of piperazine rings is 2. The Hall–Kier alpha value is -3.77. The van der Waals surface area contributed by atoms with Gasteiger partial charge in [-0.3, -0.25) is 19.5 Å². The molecule has 2 fully saturated rings. The van der Waals surface area contributed by atoms with Crippen LogP contribution in [0.25, 0.3) is 21.7 Å². The van der Waals surface area contributed by atoms with Gasteiger partial charge in [-0.15, -0.1) is 0 Å². The van der Waals surface area contributed by atoms with Crippen molar-refractivity contribution in [3.63, 3.8) is 0 Å². The van der Waals surface area contributed by atoms with Crippen LogP contribution in [0.4, 0.5) is 5.69 Å². The van der Waals surface area contributed by atoms with E-state index in [-0.39, 0.29) is 18.4 Å². The number of anilines is 1. The maximum absolute atomic E-state index is 13.5. The molecule has 33 heavy (non-hydrogen) atoms. The molecule has 0 bridgehead atoms. The van der Waals surface area contributed by atoms with Gasteiger partial charge >= 0.3 is 0 Å². The minimum absolute atomic E-state index is 0.00813. The van der Waals surface area contributed by atoms with Gasteiger partial charge in [0.15, 0.2) is 0 Å². The predicted octanol–water partition coefficient (Wildman–Crippen LogP) is 3.45. The summed E-state index contributed by atoms with van der Waals surface area (Å²) in [6.45, 7) is 2.66. The average molecular weight is 437 g/mol. The molecule has 4 aromatic rings. The van der Waals surface area contributed by atoms with E-state index in [9.17, 15) is 9.59 Å². The van der Waals surface area contributed by atoms with Gasteiger partial charge < -0.3 is 9.80 Å². The Morgan fingerprint density at radius 1 is 0.848 bits per heavy atom. The van der Waals surface area contributed by atoms with E-state index in [4.69, 9.17) is 0 Å². The van der Waals surface area contributed by atoms with Crippen molar-refractivity contribution in [2.45, 2.75) is 12.6 Å². The molecular formula is C27H24N4O2. The highest BCUT2D eigenvalue weighted by molar-refractivity contribution is 6.07. The number of carbonyl (C=O) groups is 2. The maximum Gasteiger partial charge on any atom is 0.251 e. The van der Waals surface area contributed by atoms with Crippen LogP contribution in [-0.2, 0) is 16.1 Å². The molecule has 2 aliphatic heterocycles. The first-order chi connectivity index (χ1) is 16.2. The van der Waals surface area contributed by atoms with Crippen molar-refractivity contribution >= 4 is 39.2 Å². The Kier molecular flexibility index (Phi) is 4.80. The van der Waals surface area contributed by atoms with Gasteiger partial charge in [0.25, 0.3) is 5.91 Å². The lowest BCUT2D eigenvalue weighted by Crippen LogP contribution is -2.66. The van der Waals surface area contributed by atoms with Gasteiger partial charge in [0.2, 0.25) is 5.91 Å². The van der Waals surface area contributed by atoms with E-state index < -0.39 is 6.04 Å². The highest BCUT2D eigenvalue weighted by Gasteiger charge is 2.43. The first-order valence-corrected chi connectivity index (χ1v) is 11.3. The van der Waals surface area contributed by atoms with Gasteiger partial charge in [0.05, 0.1) is 5.52 Å². The lowest BCUT2D eigenvalue weighted by molar-refractivity contribution is -0.146. The number of para-hydroxylation sites is 1. The largest absolute Gasteiger partial charge is 0.326 e. The van der Waals surface area contributed by atoms with Crippen molar-refractivity contribution in [2.24, 2.45) is 0 Å². The van der Waals surface area contributed by atoms with Crippen LogP contribution in [0.1, 0.15) is 5.56 Å². The van der Waals surface area contributed by atoms with Crippen LogP contribution in [-0.4, -0.2) is 58.8 Å². The number of aromatic nitrogens is 1. The molecule has 6 rings (SSSR count). The topological polar surface area (TPSA) is 56.8 Å². The molecule has 0 N–H and O–H groups in total. The summed E-state index contributed by atoms with van der Waals surface area (Å²) in [5.41, 5.74) is 2.87. The summed E-state index contributed by atoms with van der Waals surface area (Å²) in [5, 5.41) is 3.29. The minimum atomic E-state index is -0.458. The van der Waals surface area contributed by atoms with E-state index in [1.807, 2.05) is 66.9 Å². The second-order valence-corrected chi connectivity index (χ2v) is 8.83. The second kappa shape index (κ2) is 7.98. The normalized spacial score (nSPS) is 19.3. The molecule has 2 saturated heterocycles. The van der Waals surface area contributed by atoms with Crippen molar-refractivity contribution in [3.05, 3.63) is 84.6 Å². The predicted molar refractivity (Wildman–Crippen MR) is 129 cm³/mol. The molecule has 6 heteroatoms. The molecule has 1 atom stereocenters. The molecule has 164 valence electrons. The number of rotatable bonds is 3. The summed E-state index contributed by atoms with van der Waals surface area (Å²) >= 11 is 0. The van der Waals surface area contributed by atoms with E-state index in [1.165, 1.54) is 0 Å².